The topological polar surface area (TPSA) is 42.3 Å². The minimum atomic E-state index is 0.109. The summed E-state index contributed by atoms with van der Waals surface area (Å²) in [5.41, 5.74) is 0. The summed E-state index contributed by atoms with van der Waals surface area (Å²) in [4.78, 5) is 7.28. The lowest BCUT2D eigenvalue weighted by molar-refractivity contribution is 0.0747. The number of aryl methyl sites for hydroxylation is 1. The number of aromatic nitrogens is 2. The van der Waals surface area contributed by atoms with E-state index in [1.807, 2.05) is 12.4 Å². The summed E-state index contributed by atoms with van der Waals surface area (Å²) >= 11 is 0. The first-order valence-electron chi connectivity index (χ1n) is 10.3. The van der Waals surface area contributed by atoms with Gasteiger partial charge in [-0.2, -0.15) is 0 Å². The second-order valence-corrected chi connectivity index (χ2v) is 8.49. The molecular formula is C20H34N4O. The molecule has 0 aromatic carbocycles. The molecule has 2 saturated heterocycles. The molecule has 1 N–H and O–H groups in total. The highest BCUT2D eigenvalue weighted by molar-refractivity contribution is 5.03. The zero-order chi connectivity index (χ0) is 17.2. The number of imidazole rings is 1. The molecule has 4 rings (SSSR count). The van der Waals surface area contributed by atoms with Crippen molar-refractivity contribution in [2.24, 2.45) is 13.0 Å². The van der Waals surface area contributed by atoms with Crippen molar-refractivity contribution < 1.29 is 4.74 Å². The Kier molecular flexibility index (Phi) is 5.44. The van der Waals surface area contributed by atoms with Gasteiger partial charge in [0.05, 0.1) is 0 Å². The van der Waals surface area contributed by atoms with Crippen LogP contribution in [0.4, 0.5) is 0 Å². The van der Waals surface area contributed by atoms with E-state index in [0.29, 0.717) is 12.1 Å². The Hall–Kier alpha value is -0.910. The summed E-state index contributed by atoms with van der Waals surface area (Å²) in [6.07, 6.45) is 13.3. The van der Waals surface area contributed by atoms with E-state index >= 15 is 0 Å². The quantitative estimate of drug-likeness (QED) is 0.910. The fraction of sp³-hybridized carbons (Fsp3) is 0.850. The van der Waals surface area contributed by atoms with Gasteiger partial charge in [0.25, 0.3) is 0 Å². The highest BCUT2D eigenvalue weighted by atomic mass is 16.5. The number of ether oxygens (including phenoxy) is 1. The van der Waals surface area contributed by atoms with Crippen molar-refractivity contribution in [2.45, 2.75) is 76.1 Å². The van der Waals surface area contributed by atoms with Gasteiger partial charge in [-0.25, -0.2) is 4.98 Å². The lowest BCUT2D eigenvalue weighted by Gasteiger charge is -2.41. The summed E-state index contributed by atoms with van der Waals surface area (Å²) in [5.74, 6) is 1.98. The summed E-state index contributed by atoms with van der Waals surface area (Å²) in [6.45, 7) is 5.79. The number of hydrogen-bond acceptors (Lipinski definition) is 4. The van der Waals surface area contributed by atoms with E-state index in [-0.39, 0.29) is 6.10 Å². The molecule has 1 saturated carbocycles. The number of piperidine rings is 1. The van der Waals surface area contributed by atoms with E-state index in [9.17, 15) is 0 Å². The molecule has 1 aromatic heterocycles. The van der Waals surface area contributed by atoms with Gasteiger partial charge in [0, 0.05) is 44.2 Å². The van der Waals surface area contributed by atoms with Crippen molar-refractivity contribution in [2.75, 3.05) is 19.7 Å². The Labute approximate surface area is 152 Å². The van der Waals surface area contributed by atoms with Crippen LogP contribution in [0.3, 0.4) is 0 Å². The highest BCUT2D eigenvalue weighted by Gasteiger charge is 2.35. The van der Waals surface area contributed by atoms with Crippen LogP contribution in [0.2, 0.25) is 0 Å². The summed E-state index contributed by atoms with van der Waals surface area (Å²) in [6, 6.07) is 1.89. The molecule has 140 valence electrons. The smallest absolute Gasteiger partial charge is 0.139 e. The normalized spacial score (nSPS) is 35.3. The van der Waals surface area contributed by atoms with Gasteiger partial charge in [0.2, 0.25) is 0 Å². The van der Waals surface area contributed by atoms with E-state index < -0.39 is 0 Å². The van der Waals surface area contributed by atoms with Crippen molar-refractivity contribution in [3.63, 3.8) is 0 Å². The Morgan fingerprint density at radius 2 is 2.00 bits per heavy atom. The zero-order valence-corrected chi connectivity index (χ0v) is 15.9. The van der Waals surface area contributed by atoms with E-state index in [1.54, 1.807) is 0 Å². The molecule has 3 aliphatic rings. The maximum Gasteiger partial charge on any atom is 0.139 e. The molecule has 0 bridgehead atoms. The number of hydrogen-bond donors (Lipinski definition) is 1. The average Bonchev–Trinajstić information content (AvgIpc) is 3.24. The predicted molar refractivity (Wildman–Crippen MR) is 99.5 cm³/mol. The average molecular weight is 347 g/mol. The van der Waals surface area contributed by atoms with E-state index in [2.05, 4.69) is 33.7 Å². The second-order valence-electron chi connectivity index (χ2n) is 8.49. The minimum Gasteiger partial charge on any atom is -0.369 e. The minimum absolute atomic E-state index is 0.109. The third kappa shape index (κ3) is 3.93. The Balaban J connectivity index is 1.29. The van der Waals surface area contributed by atoms with Crippen LogP contribution in [0.25, 0.3) is 0 Å². The molecule has 2 aliphatic heterocycles. The molecule has 1 aliphatic carbocycles. The maximum atomic E-state index is 6.00. The van der Waals surface area contributed by atoms with Crippen LogP contribution in [0, 0.1) is 5.92 Å². The van der Waals surface area contributed by atoms with Crippen LogP contribution >= 0.6 is 0 Å². The fourth-order valence-electron chi connectivity index (χ4n) is 5.13. The first-order chi connectivity index (χ1) is 12.2. The first kappa shape index (κ1) is 17.5. The lowest BCUT2D eigenvalue weighted by atomic mass is 9.85. The van der Waals surface area contributed by atoms with Gasteiger partial charge in [-0.3, -0.25) is 0 Å². The molecule has 0 amide bonds. The number of nitrogens with one attached hydrogen (secondary N) is 1. The number of nitrogens with zero attached hydrogens (tertiary/aromatic N) is 3. The summed E-state index contributed by atoms with van der Waals surface area (Å²) < 4.78 is 8.10. The summed E-state index contributed by atoms with van der Waals surface area (Å²) in [5, 5.41) is 3.91. The predicted octanol–water partition coefficient (Wildman–Crippen LogP) is 2.88. The lowest BCUT2D eigenvalue weighted by Crippen LogP contribution is -2.50. The molecule has 1 aromatic rings. The largest absolute Gasteiger partial charge is 0.369 e. The molecular weight excluding hydrogens is 312 g/mol. The Morgan fingerprint density at radius 3 is 2.72 bits per heavy atom. The Bertz CT molecular complexity index is 552. The fourth-order valence-corrected chi connectivity index (χ4v) is 5.13. The van der Waals surface area contributed by atoms with E-state index in [0.717, 1.165) is 30.8 Å². The van der Waals surface area contributed by atoms with Crippen LogP contribution in [0.5, 0.6) is 0 Å². The van der Waals surface area contributed by atoms with Gasteiger partial charge in [-0.15, -0.1) is 0 Å². The van der Waals surface area contributed by atoms with Gasteiger partial charge in [-0.05, 0) is 51.1 Å². The SMILES string of the molecule is CC1CCCC(N2CCC(N[C@H]3CCO[C@@H]3c3nccn3C)CC2)C1. The van der Waals surface area contributed by atoms with Crippen molar-refractivity contribution >= 4 is 0 Å². The van der Waals surface area contributed by atoms with Crippen molar-refractivity contribution in [3.8, 4) is 0 Å². The van der Waals surface area contributed by atoms with Gasteiger partial charge in [0.1, 0.15) is 11.9 Å². The van der Waals surface area contributed by atoms with Gasteiger partial charge < -0.3 is 19.5 Å². The van der Waals surface area contributed by atoms with E-state index in [4.69, 9.17) is 4.74 Å². The Morgan fingerprint density at radius 1 is 1.16 bits per heavy atom. The highest BCUT2D eigenvalue weighted by Crippen LogP contribution is 2.31. The van der Waals surface area contributed by atoms with Crippen LogP contribution in [-0.2, 0) is 11.8 Å². The van der Waals surface area contributed by atoms with Crippen molar-refractivity contribution in [1.82, 2.24) is 19.8 Å². The standard InChI is InChI=1S/C20H34N4O/c1-15-4-3-5-17(14-15)24-10-6-16(7-11-24)22-18-8-13-25-19(18)20-21-9-12-23(20)2/h9,12,15-19,22H,3-8,10-11,13-14H2,1-2H3/t15?,17?,18-,19-/m0/s1. The van der Waals surface area contributed by atoms with Gasteiger partial charge in [-0.1, -0.05) is 19.8 Å². The molecule has 0 spiro atoms. The van der Waals surface area contributed by atoms with Crippen LogP contribution in [-0.4, -0.2) is 52.3 Å². The number of likely N-dealkylation sites (tertiary alicyclic amines) is 1. The molecule has 5 nitrogen and oxygen atoms in total. The monoisotopic (exact) mass is 346 g/mol. The molecule has 2 unspecified atom stereocenters. The van der Waals surface area contributed by atoms with Gasteiger partial charge >= 0.3 is 0 Å². The zero-order valence-electron chi connectivity index (χ0n) is 15.9. The first-order valence-corrected chi connectivity index (χ1v) is 10.3. The van der Waals surface area contributed by atoms with E-state index in [1.165, 1.54) is 51.6 Å². The third-order valence-electron chi connectivity index (χ3n) is 6.61. The molecule has 0 radical (unpaired) electrons. The molecule has 4 atom stereocenters. The molecule has 3 fully saturated rings. The second kappa shape index (κ2) is 7.77. The van der Waals surface area contributed by atoms with Crippen LogP contribution < -0.4 is 5.32 Å². The van der Waals surface area contributed by atoms with Crippen LogP contribution in [0.15, 0.2) is 12.4 Å². The van der Waals surface area contributed by atoms with Crippen molar-refractivity contribution in [3.05, 3.63) is 18.2 Å². The molecule has 25 heavy (non-hydrogen) atoms. The molecule has 5 heteroatoms. The van der Waals surface area contributed by atoms with Crippen molar-refractivity contribution in [1.29, 1.82) is 0 Å². The maximum absolute atomic E-state index is 6.00. The number of rotatable bonds is 4. The van der Waals surface area contributed by atoms with Crippen LogP contribution in [0.1, 0.15) is 63.8 Å². The molecule has 3 heterocycles. The third-order valence-corrected chi connectivity index (χ3v) is 6.61. The summed E-state index contributed by atoms with van der Waals surface area (Å²) in [7, 11) is 2.06. The van der Waals surface area contributed by atoms with Gasteiger partial charge in [0.15, 0.2) is 0 Å².